The Morgan fingerprint density at radius 1 is 1.29 bits per heavy atom. The van der Waals surface area contributed by atoms with Crippen LogP contribution in [0, 0.1) is 5.92 Å². The van der Waals surface area contributed by atoms with Crippen LogP contribution in [0.2, 0.25) is 0 Å². The van der Waals surface area contributed by atoms with Crippen LogP contribution in [0.4, 0.5) is 10.9 Å². The molecule has 1 saturated heterocycles. The fraction of sp³-hybridized carbons (Fsp3) is 0.421. The first kappa shape index (κ1) is 20.8. The van der Waals surface area contributed by atoms with Gasteiger partial charge in [-0.05, 0) is 19.8 Å². The summed E-state index contributed by atoms with van der Waals surface area (Å²) in [5.74, 6) is 0.738. The number of ether oxygens (including phenoxy) is 1. The van der Waals surface area contributed by atoms with E-state index in [0.29, 0.717) is 29.8 Å². The number of rotatable bonds is 7. The lowest BCUT2D eigenvalue weighted by Crippen LogP contribution is -2.41. The highest BCUT2D eigenvalue weighted by molar-refractivity contribution is 7.13. The minimum Gasteiger partial charge on any atom is -0.466 e. The minimum absolute atomic E-state index is 0.0905. The molecular weight excluding hydrogens is 420 g/mol. The lowest BCUT2D eigenvalue weighted by atomic mass is 9.97. The summed E-state index contributed by atoms with van der Waals surface area (Å²) in [6.45, 7) is 3.44. The standard InChI is InChI=1S/C19H22N8O3S/c1-2-30-17(28)6-14-9-31-19(24-14)25-18(29)13-4-3-5-26(8-13)15-7-16(22-11-21-15)27-12-20-10-23-27/h7,9-13H,2-6,8H2,1H3,(H,24,25,29)/t13-/m1/s1. The number of aromatic nitrogens is 6. The molecule has 0 aliphatic carbocycles. The normalized spacial score (nSPS) is 16.2. The summed E-state index contributed by atoms with van der Waals surface area (Å²) < 4.78 is 6.50. The van der Waals surface area contributed by atoms with Crippen molar-refractivity contribution in [1.29, 1.82) is 0 Å². The van der Waals surface area contributed by atoms with Crippen LogP contribution in [0.5, 0.6) is 0 Å². The number of anilines is 2. The highest BCUT2D eigenvalue weighted by Gasteiger charge is 2.27. The van der Waals surface area contributed by atoms with Gasteiger partial charge < -0.3 is 15.0 Å². The molecule has 0 spiro atoms. The maximum absolute atomic E-state index is 12.8. The summed E-state index contributed by atoms with van der Waals surface area (Å²) in [4.78, 5) is 43.3. The van der Waals surface area contributed by atoms with Gasteiger partial charge in [0.1, 0.15) is 24.8 Å². The molecule has 1 fully saturated rings. The van der Waals surface area contributed by atoms with E-state index in [1.807, 2.05) is 6.07 Å². The number of thiazole rings is 1. The first-order chi connectivity index (χ1) is 15.1. The number of esters is 1. The third-order valence-electron chi connectivity index (χ3n) is 4.82. The molecule has 0 aromatic carbocycles. The highest BCUT2D eigenvalue weighted by atomic mass is 32.1. The monoisotopic (exact) mass is 442 g/mol. The minimum atomic E-state index is -0.330. The summed E-state index contributed by atoms with van der Waals surface area (Å²) in [7, 11) is 0. The highest BCUT2D eigenvalue weighted by Crippen LogP contribution is 2.24. The van der Waals surface area contributed by atoms with E-state index in [4.69, 9.17) is 4.74 Å². The molecule has 1 atom stereocenters. The molecule has 3 aromatic rings. The van der Waals surface area contributed by atoms with Crippen LogP contribution in [-0.4, -0.2) is 61.3 Å². The zero-order chi connectivity index (χ0) is 21.6. The second kappa shape index (κ2) is 9.60. The van der Waals surface area contributed by atoms with E-state index in [-0.39, 0.29) is 24.2 Å². The molecule has 0 unspecified atom stereocenters. The number of carbonyl (C=O) groups is 2. The van der Waals surface area contributed by atoms with Crippen LogP contribution in [0.3, 0.4) is 0 Å². The van der Waals surface area contributed by atoms with Crippen molar-refractivity contribution in [3.63, 3.8) is 0 Å². The van der Waals surface area contributed by atoms with Crippen molar-refractivity contribution in [3.8, 4) is 5.82 Å². The Morgan fingerprint density at radius 2 is 2.16 bits per heavy atom. The SMILES string of the molecule is CCOC(=O)Cc1csc(NC(=O)[C@@H]2CCCN(c3cc(-n4cncn4)ncn3)C2)n1. The Kier molecular flexibility index (Phi) is 6.46. The first-order valence-electron chi connectivity index (χ1n) is 9.95. The van der Waals surface area contributed by atoms with Crippen molar-refractivity contribution in [3.05, 3.63) is 36.1 Å². The topological polar surface area (TPSA) is 128 Å². The van der Waals surface area contributed by atoms with Gasteiger partial charge in [0.25, 0.3) is 0 Å². The van der Waals surface area contributed by atoms with E-state index in [9.17, 15) is 9.59 Å². The van der Waals surface area contributed by atoms with Gasteiger partial charge in [0.2, 0.25) is 5.91 Å². The summed E-state index contributed by atoms with van der Waals surface area (Å²) in [5.41, 5.74) is 0.589. The molecule has 4 heterocycles. The van der Waals surface area contributed by atoms with Crippen LogP contribution < -0.4 is 10.2 Å². The molecule has 0 radical (unpaired) electrons. The molecule has 0 saturated carbocycles. The summed E-state index contributed by atoms with van der Waals surface area (Å²) in [6.07, 6.45) is 6.25. The fourth-order valence-electron chi connectivity index (χ4n) is 3.37. The Labute approximate surface area is 182 Å². The quantitative estimate of drug-likeness (QED) is 0.541. The lowest BCUT2D eigenvalue weighted by molar-refractivity contribution is -0.142. The Balaban J connectivity index is 1.38. The van der Waals surface area contributed by atoms with E-state index in [0.717, 1.165) is 25.2 Å². The van der Waals surface area contributed by atoms with E-state index in [2.05, 4.69) is 35.3 Å². The van der Waals surface area contributed by atoms with Gasteiger partial charge >= 0.3 is 5.97 Å². The molecule has 11 nitrogen and oxygen atoms in total. The number of hydrogen-bond donors (Lipinski definition) is 1. The van der Waals surface area contributed by atoms with Crippen LogP contribution in [0.1, 0.15) is 25.5 Å². The molecule has 3 aromatic heterocycles. The van der Waals surface area contributed by atoms with Gasteiger partial charge in [0, 0.05) is 24.5 Å². The van der Waals surface area contributed by atoms with Crippen molar-refractivity contribution >= 4 is 34.2 Å². The van der Waals surface area contributed by atoms with Crippen molar-refractivity contribution in [1.82, 2.24) is 29.7 Å². The summed E-state index contributed by atoms with van der Waals surface area (Å²) >= 11 is 1.30. The summed E-state index contributed by atoms with van der Waals surface area (Å²) in [5, 5.41) is 9.21. The maximum atomic E-state index is 12.8. The van der Waals surface area contributed by atoms with Crippen LogP contribution in [-0.2, 0) is 20.7 Å². The Morgan fingerprint density at radius 3 is 2.97 bits per heavy atom. The lowest BCUT2D eigenvalue weighted by Gasteiger charge is -2.32. The molecule has 1 N–H and O–H groups in total. The Bertz CT molecular complexity index is 1040. The number of nitrogens with one attached hydrogen (secondary N) is 1. The van der Waals surface area contributed by atoms with Crippen molar-refractivity contribution < 1.29 is 14.3 Å². The predicted molar refractivity (Wildman–Crippen MR) is 113 cm³/mol. The average molecular weight is 443 g/mol. The molecule has 1 aliphatic heterocycles. The van der Waals surface area contributed by atoms with Crippen molar-refractivity contribution in [2.45, 2.75) is 26.2 Å². The second-order valence-corrected chi connectivity index (χ2v) is 7.83. The van der Waals surface area contributed by atoms with E-state index in [1.54, 1.807) is 23.3 Å². The zero-order valence-corrected chi connectivity index (χ0v) is 17.8. The third kappa shape index (κ3) is 5.20. The van der Waals surface area contributed by atoms with Gasteiger partial charge in [-0.3, -0.25) is 9.59 Å². The molecule has 1 aliphatic rings. The fourth-order valence-corrected chi connectivity index (χ4v) is 4.09. The van der Waals surface area contributed by atoms with Gasteiger partial charge in [0.05, 0.1) is 24.6 Å². The van der Waals surface area contributed by atoms with E-state index >= 15 is 0 Å². The first-order valence-corrected chi connectivity index (χ1v) is 10.8. The molecule has 12 heteroatoms. The number of amides is 1. The number of piperidine rings is 1. The molecular formula is C19H22N8O3S. The van der Waals surface area contributed by atoms with Crippen molar-refractivity contribution in [2.24, 2.45) is 5.92 Å². The largest absolute Gasteiger partial charge is 0.466 e. The van der Waals surface area contributed by atoms with Gasteiger partial charge in [-0.1, -0.05) is 0 Å². The van der Waals surface area contributed by atoms with Crippen molar-refractivity contribution in [2.75, 3.05) is 29.9 Å². The smallest absolute Gasteiger partial charge is 0.311 e. The van der Waals surface area contributed by atoms with Gasteiger partial charge in [-0.15, -0.1) is 11.3 Å². The molecule has 4 rings (SSSR count). The van der Waals surface area contributed by atoms with Crippen LogP contribution in [0.25, 0.3) is 5.82 Å². The number of carbonyl (C=O) groups excluding carboxylic acids is 2. The Hall–Kier alpha value is -3.41. The molecule has 0 bridgehead atoms. The third-order valence-corrected chi connectivity index (χ3v) is 5.63. The van der Waals surface area contributed by atoms with Gasteiger partial charge in [-0.2, -0.15) is 5.10 Å². The van der Waals surface area contributed by atoms with Crippen LogP contribution in [0.15, 0.2) is 30.4 Å². The number of hydrogen-bond acceptors (Lipinski definition) is 10. The van der Waals surface area contributed by atoms with E-state index < -0.39 is 0 Å². The molecule has 162 valence electrons. The maximum Gasteiger partial charge on any atom is 0.311 e. The zero-order valence-electron chi connectivity index (χ0n) is 17.0. The average Bonchev–Trinajstić information content (AvgIpc) is 3.47. The van der Waals surface area contributed by atoms with E-state index in [1.165, 1.54) is 24.0 Å². The van der Waals surface area contributed by atoms with Gasteiger partial charge in [-0.25, -0.2) is 24.6 Å². The predicted octanol–water partition coefficient (Wildman–Crippen LogP) is 1.47. The summed E-state index contributed by atoms with van der Waals surface area (Å²) in [6, 6.07) is 1.83. The number of nitrogens with zero attached hydrogens (tertiary/aromatic N) is 7. The molecule has 1 amide bonds. The second-order valence-electron chi connectivity index (χ2n) is 6.97. The van der Waals surface area contributed by atoms with Crippen LogP contribution >= 0.6 is 11.3 Å². The molecule has 31 heavy (non-hydrogen) atoms. The van der Waals surface area contributed by atoms with Gasteiger partial charge in [0.15, 0.2) is 10.9 Å².